The number of rotatable bonds is 5. The van der Waals surface area contributed by atoms with Crippen LogP contribution < -0.4 is 9.47 Å². The number of alkyl halides is 1. The summed E-state index contributed by atoms with van der Waals surface area (Å²) in [5, 5.41) is 18.5. The van der Waals surface area contributed by atoms with Gasteiger partial charge in [0.1, 0.15) is 11.5 Å². The second-order valence-electron chi connectivity index (χ2n) is 7.77. The lowest BCUT2D eigenvalue weighted by molar-refractivity contribution is 0.440. The highest BCUT2D eigenvalue weighted by Gasteiger charge is 2.15. The van der Waals surface area contributed by atoms with E-state index in [1.54, 1.807) is 55.5 Å². The summed E-state index contributed by atoms with van der Waals surface area (Å²) in [6.45, 7) is 1.63. The van der Waals surface area contributed by atoms with Crippen LogP contribution in [-0.4, -0.2) is 0 Å². The highest BCUT2D eigenvalue weighted by molar-refractivity contribution is 9.10. The smallest absolute Gasteiger partial charge is 0.181 e. The van der Waals surface area contributed by atoms with Gasteiger partial charge in [0.25, 0.3) is 0 Å². The van der Waals surface area contributed by atoms with E-state index in [9.17, 15) is 8.78 Å². The summed E-state index contributed by atoms with van der Waals surface area (Å²) in [6.07, 6.45) is 0. The molecule has 0 bridgehead atoms. The van der Waals surface area contributed by atoms with Gasteiger partial charge in [0.15, 0.2) is 23.1 Å². The van der Waals surface area contributed by atoms with Crippen LogP contribution in [0.1, 0.15) is 22.3 Å². The number of hydrogen-bond acceptors (Lipinski definition) is 4. The molecule has 11 heteroatoms. The first-order valence-electron chi connectivity index (χ1n) is 10.8. The number of benzene rings is 4. The predicted octanol–water partition coefficient (Wildman–Crippen LogP) is 11.0. The number of hydrogen-bond donors (Lipinski definition) is 0. The molecule has 0 aliphatic heterocycles. The number of aryl methyl sites for hydroxylation is 1. The van der Waals surface area contributed by atoms with Crippen LogP contribution in [0.3, 0.4) is 0 Å². The van der Waals surface area contributed by atoms with E-state index in [1.165, 1.54) is 12.1 Å². The minimum absolute atomic E-state index is 0.0383. The Morgan fingerprint density at radius 2 is 1.21 bits per heavy atom. The molecule has 0 atom stereocenters. The van der Waals surface area contributed by atoms with Gasteiger partial charge in [-0.1, -0.05) is 83.1 Å². The van der Waals surface area contributed by atoms with E-state index in [1.807, 2.05) is 12.1 Å². The molecule has 0 saturated carbocycles. The first kappa shape index (κ1) is 30.9. The van der Waals surface area contributed by atoms with E-state index in [-0.39, 0.29) is 21.5 Å². The van der Waals surface area contributed by atoms with Gasteiger partial charge in [-0.05, 0) is 61.0 Å². The van der Waals surface area contributed by atoms with Crippen molar-refractivity contribution in [1.29, 1.82) is 10.5 Å². The summed E-state index contributed by atoms with van der Waals surface area (Å²) in [6, 6.07) is 19.9. The zero-order valence-electron chi connectivity index (χ0n) is 19.8. The highest BCUT2D eigenvalue weighted by Crippen LogP contribution is 2.36. The Morgan fingerprint density at radius 3 is 1.67 bits per heavy atom. The molecule has 0 N–H and O–H groups in total. The predicted molar refractivity (Wildman–Crippen MR) is 158 cm³/mol. The second-order valence-corrected chi connectivity index (χ2v) is 11.0. The standard InChI is InChI=1S/C14H7Br2ClFNO.C14H8BrClFNO/c15-6-9-1-2-12(17)14(13(9)18)20-11-4-8(7-19)3-10(16)5-11;1-8-2-3-12(16)14(13(8)17)19-11-5-9(7-18)4-10(15)6-11/h1-5H,6H2;2-6H,1H3. The van der Waals surface area contributed by atoms with Crippen LogP contribution in [-0.2, 0) is 5.33 Å². The average Bonchev–Trinajstić information content (AvgIpc) is 2.91. The summed E-state index contributed by atoms with van der Waals surface area (Å²) < 4.78 is 40.4. The van der Waals surface area contributed by atoms with E-state index < -0.39 is 11.6 Å². The lowest BCUT2D eigenvalue weighted by Crippen LogP contribution is -1.94. The van der Waals surface area contributed by atoms with Crippen molar-refractivity contribution >= 4 is 71.0 Å². The van der Waals surface area contributed by atoms with E-state index in [4.69, 9.17) is 43.2 Å². The van der Waals surface area contributed by atoms with Crippen LogP contribution in [0.15, 0.2) is 69.6 Å². The molecule has 0 aliphatic rings. The van der Waals surface area contributed by atoms with Crippen LogP contribution >= 0.6 is 71.0 Å². The quantitative estimate of drug-likeness (QED) is 0.190. The Morgan fingerprint density at radius 1 is 0.744 bits per heavy atom. The minimum atomic E-state index is -0.521. The number of nitrogens with zero attached hydrogens (tertiary/aromatic N) is 2. The van der Waals surface area contributed by atoms with Gasteiger partial charge in [-0.3, -0.25) is 0 Å². The molecule has 39 heavy (non-hydrogen) atoms. The van der Waals surface area contributed by atoms with Gasteiger partial charge in [0.2, 0.25) is 0 Å². The maximum atomic E-state index is 14.2. The maximum absolute atomic E-state index is 14.2. The third kappa shape index (κ3) is 8.17. The number of halogens is 7. The lowest BCUT2D eigenvalue weighted by atomic mass is 10.2. The van der Waals surface area contributed by atoms with Crippen molar-refractivity contribution in [2.75, 3.05) is 0 Å². The van der Waals surface area contributed by atoms with Gasteiger partial charge in [-0.2, -0.15) is 10.5 Å². The summed E-state index contributed by atoms with van der Waals surface area (Å²) >= 11 is 21.6. The molecule has 0 amide bonds. The number of ether oxygens (including phenoxy) is 2. The summed E-state index contributed by atoms with van der Waals surface area (Å²) in [5.41, 5.74) is 1.70. The van der Waals surface area contributed by atoms with E-state index in [0.29, 0.717) is 48.0 Å². The second kappa shape index (κ2) is 14.1. The van der Waals surface area contributed by atoms with Gasteiger partial charge in [-0.25, -0.2) is 8.78 Å². The van der Waals surface area contributed by atoms with Crippen molar-refractivity contribution in [3.8, 4) is 35.1 Å². The maximum Gasteiger partial charge on any atom is 0.181 e. The van der Waals surface area contributed by atoms with Crippen molar-refractivity contribution in [3.63, 3.8) is 0 Å². The van der Waals surface area contributed by atoms with E-state index >= 15 is 0 Å². The third-order valence-electron chi connectivity index (χ3n) is 4.96. The zero-order valence-corrected chi connectivity index (χ0v) is 26.1. The Labute approximate surface area is 259 Å². The van der Waals surface area contributed by atoms with Crippen molar-refractivity contribution in [3.05, 3.63) is 114 Å². The molecule has 4 rings (SSSR count). The van der Waals surface area contributed by atoms with Gasteiger partial charge in [-0.15, -0.1) is 0 Å². The van der Waals surface area contributed by atoms with Crippen LogP contribution in [0.2, 0.25) is 10.0 Å². The third-order valence-corrected chi connectivity index (χ3v) is 7.07. The lowest BCUT2D eigenvalue weighted by Gasteiger charge is -2.11. The average molecular weight is 760 g/mol. The van der Waals surface area contributed by atoms with Crippen molar-refractivity contribution in [2.24, 2.45) is 0 Å². The molecule has 4 aromatic rings. The van der Waals surface area contributed by atoms with Crippen LogP contribution in [0.5, 0.6) is 23.0 Å². The van der Waals surface area contributed by atoms with Crippen LogP contribution in [0, 0.1) is 41.2 Å². The minimum Gasteiger partial charge on any atom is -0.453 e. The largest absolute Gasteiger partial charge is 0.453 e. The van der Waals surface area contributed by atoms with Gasteiger partial charge in [0.05, 0.1) is 33.3 Å². The normalized spacial score (nSPS) is 10.1. The molecule has 0 unspecified atom stereocenters. The molecule has 0 aliphatic carbocycles. The van der Waals surface area contributed by atoms with Gasteiger partial charge >= 0.3 is 0 Å². The van der Waals surface area contributed by atoms with Crippen molar-refractivity contribution in [1.82, 2.24) is 0 Å². The van der Waals surface area contributed by atoms with Gasteiger partial charge < -0.3 is 9.47 Å². The Balaban J connectivity index is 0.000000216. The molecular formula is C28H15Br3Cl2F2N2O2. The monoisotopic (exact) mass is 756 g/mol. The molecule has 4 aromatic carbocycles. The fourth-order valence-corrected chi connectivity index (χ4v) is 4.85. The molecular weight excluding hydrogens is 745 g/mol. The van der Waals surface area contributed by atoms with Crippen molar-refractivity contribution < 1.29 is 18.3 Å². The molecule has 0 spiro atoms. The Hall–Kier alpha value is -2.66. The highest BCUT2D eigenvalue weighted by atomic mass is 79.9. The SMILES string of the molecule is Cc1ccc(Cl)c(Oc2cc(Br)cc(C#N)c2)c1F.N#Cc1cc(Br)cc(Oc2c(Cl)ccc(CBr)c2F)c1. The van der Waals surface area contributed by atoms with E-state index in [2.05, 4.69) is 47.8 Å². The fraction of sp³-hybridized carbons (Fsp3) is 0.0714. The summed E-state index contributed by atoms with van der Waals surface area (Å²) in [5.74, 6) is -0.436. The Bertz CT molecular complexity index is 1620. The number of nitriles is 2. The molecule has 198 valence electrons. The van der Waals surface area contributed by atoms with E-state index in [0.717, 1.165) is 0 Å². The van der Waals surface area contributed by atoms with Crippen LogP contribution in [0.4, 0.5) is 8.78 Å². The fourth-order valence-electron chi connectivity index (χ4n) is 3.10. The molecule has 0 fully saturated rings. The van der Waals surface area contributed by atoms with Crippen molar-refractivity contribution in [2.45, 2.75) is 12.3 Å². The molecule has 0 radical (unpaired) electrons. The molecule has 0 heterocycles. The first-order valence-corrected chi connectivity index (χ1v) is 14.3. The van der Waals surface area contributed by atoms with Gasteiger partial charge in [0, 0.05) is 19.8 Å². The topological polar surface area (TPSA) is 66.0 Å². The molecule has 4 nitrogen and oxygen atoms in total. The van der Waals surface area contributed by atoms with Crippen LogP contribution in [0.25, 0.3) is 0 Å². The summed E-state index contributed by atoms with van der Waals surface area (Å²) in [7, 11) is 0. The Kier molecular flexibility index (Phi) is 11.2. The molecule has 0 saturated heterocycles. The first-order chi connectivity index (χ1) is 18.6. The summed E-state index contributed by atoms with van der Waals surface area (Å²) in [4.78, 5) is 0. The molecule has 0 aromatic heterocycles. The zero-order chi connectivity index (χ0) is 28.7.